The standard InChI is InChI=1S/C9H16F2N2/c10-9(11)2-1-5-13(7-9)6-8(12)3-4-8/h1-7,12H2. The van der Waals surface area contributed by atoms with Crippen LogP contribution < -0.4 is 5.73 Å². The molecule has 1 heterocycles. The highest BCUT2D eigenvalue weighted by atomic mass is 19.3. The van der Waals surface area contributed by atoms with Gasteiger partial charge in [-0.05, 0) is 25.8 Å². The molecule has 76 valence electrons. The second-order valence-corrected chi connectivity index (χ2v) is 4.53. The van der Waals surface area contributed by atoms with E-state index in [4.69, 9.17) is 5.73 Å². The Balaban J connectivity index is 1.86. The van der Waals surface area contributed by atoms with Crippen molar-refractivity contribution in [2.75, 3.05) is 19.6 Å². The van der Waals surface area contributed by atoms with Gasteiger partial charge in [-0.25, -0.2) is 8.78 Å². The lowest BCUT2D eigenvalue weighted by atomic mass is 10.1. The fraction of sp³-hybridized carbons (Fsp3) is 1.00. The summed E-state index contributed by atoms with van der Waals surface area (Å²) in [6.07, 6.45) is 2.63. The summed E-state index contributed by atoms with van der Waals surface area (Å²) in [5.74, 6) is -2.48. The molecule has 1 aliphatic heterocycles. The van der Waals surface area contributed by atoms with Crippen molar-refractivity contribution in [2.24, 2.45) is 5.73 Å². The van der Waals surface area contributed by atoms with Gasteiger partial charge in [0.1, 0.15) is 0 Å². The molecule has 0 aromatic heterocycles. The molecule has 0 spiro atoms. The van der Waals surface area contributed by atoms with E-state index in [1.54, 1.807) is 0 Å². The minimum atomic E-state index is -2.48. The van der Waals surface area contributed by atoms with Crippen LogP contribution in [0.25, 0.3) is 0 Å². The number of hydrogen-bond acceptors (Lipinski definition) is 2. The molecule has 1 saturated carbocycles. The van der Waals surface area contributed by atoms with Gasteiger partial charge in [0.05, 0.1) is 6.54 Å². The lowest BCUT2D eigenvalue weighted by Gasteiger charge is -2.33. The molecule has 2 N–H and O–H groups in total. The molecule has 0 atom stereocenters. The number of nitrogens with two attached hydrogens (primary N) is 1. The summed E-state index contributed by atoms with van der Waals surface area (Å²) in [5, 5.41) is 0. The first-order chi connectivity index (χ1) is 5.99. The van der Waals surface area contributed by atoms with Crippen molar-refractivity contribution in [2.45, 2.75) is 37.1 Å². The van der Waals surface area contributed by atoms with Gasteiger partial charge in [-0.1, -0.05) is 0 Å². The van der Waals surface area contributed by atoms with Crippen molar-refractivity contribution in [3.63, 3.8) is 0 Å². The van der Waals surface area contributed by atoms with Crippen molar-refractivity contribution in [3.05, 3.63) is 0 Å². The van der Waals surface area contributed by atoms with Crippen molar-refractivity contribution in [3.8, 4) is 0 Å². The van der Waals surface area contributed by atoms with Crippen LogP contribution in [-0.2, 0) is 0 Å². The zero-order chi connectivity index (χ0) is 9.53. The van der Waals surface area contributed by atoms with Crippen LogP contribution >= 0.6 is 0 Å². The van der Waals surface area contributed by atoms with Gasteiger partial charge in [0, 0.05) is 18.5 Å². The zero-order valence-corrected chi connectivity index (χ0v) is 7.73. The summed E-state index contributed by atoms with van der Waals surface area (Å²) >= 11 is 0. The molecule has 0 radical (unpaired) electrons. The number of likely N-dealkylation sites (tertiary alicyclic amines) is 1. The Bertz CT molecular complexity index is 200. The topological polar surface area (TPSA) is 29.3 Å². The largest absolute Gasteiger partial charge is 0.324 e. The maximum atomic E-state index is 13.0. The summed E-state index contributed by atoms with van der Waals surface area (Å²) in [6.45, 7) is 1.35. The highest BCUT2D eigenvalue weighted by Crippen LogP contribution is 2.35. The molecule has 1 aliphatic carbocycles. The molecule has 0 aromatic rings. The Labute approximate surface area is 77.1 Å². The predicted octanol–water partition coefficient (Wildman–Crippen LogP) is 1.21. The number of rotatable bonds is 2. The van der Waals surface area contributed by atoms with E-state index < -0.39 is 5.92 Å². The molecular formula is C9H16F2N2. The van der Waals surface area contributed by atoms with Crippen LogP contribution in [0.3, 0.4) is 0 Å². The first-order valence-corrected chi connectivity index (χ1v) is 4.88. The minimum absolute atomic E-state index is 0.0427. The first kappa shape index (κ1) is 9.34. The van der Waals surface area contributed by atoms with Crippen LogP contribution in [0.5, 0.6) is 0 Å². The van der Waals surface area contributed by atoms with Crippen LogP contribution in [0.4, 0.5) is 8.78 Å². The molecule has 1 saturated heterocycles. The van der Waals surface area contributed by atoms with Gasteiger partial charge in [-0.2, -0.15) is 0 Å². The van der Waals surface area contributed by atoms with Crippen LogP contribution in [0, 0.1) is 0 Å². The van der Waals surface area contributed by atoms with Gasteiger partial charge in [0.15, 0.2) is 0 Å². The number of alkyl halides is 2. The molecule has 2 rings (SSSR count). The predicted molar refractivity (Wildman–Crippen MR) is 46.8 cm³/mol. The van der Waals surface area contributed by atoms with E-state index in [2.05, 4.69) is 0 Å². The summed E-state index contributed by atoms with van der Waals surface area (Å²) in [4.78, 5) is 1.82. The normalized spacial score (nSPS) is 31.6. The molecule has 13 heavy (non-hydrogen) atoms. The second kappa shape index (κ2) is 2.89. The van der Waals surface area contributed by atoms with E-state index in [0.717, 1.165) is 19.4 Å². The van der Waals surface area contributed by atoms with Gasteiger partial charge >= 0.3 is 0 Å². The van der Waals surface area contributed by atoms with Crippen molar-refractivity contribution >= 4 is 0 Å². The monoisotopic (exact) mass is 190 g/mol. The van der Waals surface area contributed by atoms with E-state index in [1.165, 1.54) is 0 Å². The molecule has 0 aromatic carbocycles. The third-order valence-electron chi connectivity index (χ3n) is 2.90. The third kappa shape index (κ3) is 2.38. The molecule has 2 nitrogen and oxygen atoms in total. The summed E-state index contributed by atoms with van der Waals surface area (Å²) in [6, 6.07) is 0. The van der Waals surface area contributed by atoms with E-state index in [-0.39, 0.29) is 18.5 Å². The van der Waals surface area contributed by atoms with Crippen molar-refractivity contribution < 1.29 is 8.78 Å². The van der Waals surface area contributed by atoms with E-state index in [1.807, 2.05) is 4.90 Å². The van der Waals surface area contributed by atoms with Crippen LogP contribution in [0.1, 0.15) is 25.7 Å². The minimum Gasteiger partial charge on any atom is -0.324 e. The molecule has 2 aliphatic rings. The second-order valence-electron chi connectivity index (χ2n) is 4.53. The lowest BCUT2D eigenvalue weighted by Crippen LogP contribution is -2.48. The fourth-order valence-electron chi connectivity index (χ4n) is 1.95. The molecule has 0 bridgehead atoms. The average molecular weight is 190 g/mol. The Kier molecular flexibility index (Phi) is 2.07. The van der Waals surface area contributed by atoms with E-state index >= 15 is 0 Å². The summed E-state index contributed by atoms with van der Waals surface area (Å²) < 4.78 is 25.9. The third-order valence-corrected chi connectivity index (χ3v) is 2.90. The number of hydrogen-bond donors (Lipinski definition) is 1. The molecule has 0 unspecified atom stereocenters. The Hall–Kier alpha value is -0.220. The highest BCUT2D eigenvalue weighted by Gasteiger charge is 2.43. The average Bonchev–Trinajstić information content (AvgIpc) is 2.65. The molecular weight excluding hydrogens is 174 g/mol. The highest BCUT2D eigenvalue weighted by molar-refractivity contribution is 5.01. The molecule has 2 fully saturated rings. The van der Waals surface area contributed by atoms with Gasteiger partial charge in [-0.15, -0.1) is 0 Å². The quantitative estimate of drug-likeness (QED) is 0.709. The summed E-state index contributed by atoms with van der Waals surface area (Å²) in [7, 11) is 0. The van der Waals surface area contributed by atoms with Crippen LogP contribution in [0.15, 0.2) is 0 Å². The van der Waals surface area contributed by atoms with E-state index in [9.17, 15) is 8.78 Å². The molecule has 4 heteroatoms. The number of halogens is 2. The number of nitrogens with zero attached hydrogens (tertiary/aromatic N) is 1. The smallest absolute Gasteiger partial charge is 0.260 e. The zero-order valence-electron chi connectivity index (χ0n) is 7.73. The van der Waals surface area contributed by atoms with Crippen LogP contribution in [0.2, 0.25) is 0 Å². The van der Waals surface area contributed by atoms with Crippen LogP contribution in [-0.4, -0.2) is 36.0 Å². The van der Waals surface area contributed by atoms with Crippen molar-refractivity contribution in [1.82, 2.24) is 4.90 Å². The van der Waals surface area contributed by atoms with Gasteiger partial charge in [0.2, 0.25) is 0 Å². The fourth-order valence-corrected chi connectivity index (χ4v) is 1.95. The Morgan fingerprint density at radius 2 is 1.92 bits per heavy atom. The molecule has 0 amide bonds. The van der Waals surface area contributed by atoms with Crippen molar-refractivity contribution in [1.29, 1.82) is 0 Å². The van der Waals surface area contributed by atoms with E-state index in [0.29, 0.717) is 13.0 Å². The van der Waals surface area contributed by atoms with Gasteiger partial charge in [-0.3, -0.25) is 4.90 Å². The number of piperidine rings is 1. The SMILES string of the molecule is NC1(CN2CCCC(F)(F)C2)CC1. The summed E-state index contributed by atoms with van der Waals surface area (Å²) in [5.41, 5.74) is 5.75. The Morgan fingerprint density at radius 1 is 1.23 bits per heavy atom. The van der Waals surface area contributed by atoms with Gasteiger partial charge < -0.3 is 5.73 Å². The van der Waals surface area contributed by atoms with Gasteiger partial charge in [0.25, 0.3) is 5.92 Å². The Morgan fingerprint density at radius 3 is 2.46 bits per heavy atom. The maximum absolute atomic E-state index is 13.0. The lowest BCUT2D eigenvalue weighted by molar-refractivity contribution is -0.0654. The maximum Gasteiger partial charge on any atom is 0.260 e. The first-order valence-electron chi connectivity index (χ1n) is 4.88.